The molecule has 0 amide bonds. The number of hydrogen-bond donors (Lipinski definition) is 1. The summed E-state index contributed by atoms with van der Waals surface area (Å²) in [6, 6.07) is 6.73. The van der Waals surface area contributed by atoms with Crippen molar-refractivity contribution in [2.75, 3.05) is 19.4 Å². The molecule has 0 unspecified atom stereocenters. The molecule has 108 valence electrons. The van der Waals surface area contributed by atoms with Gasteiger partial charge in [0.25, 0.3) is 0 Å². The summed E-state index contributed by atoms with van der Waals surface area (Å²) in [7, 11) is -1.80. The van der Waals surface area contributed by atoms with Crippen LogP contribution < -0.4 is 10.1 Å². The van der Waals surface area contributed by atoms with Gasteiger partial charge in [-0.2, -0.15) is 0 Å². The number of nitrogens with one attached hydrogen (secondary N) is 1. The molecule has 0 bridgehead atoms. The molecule has 19 heavy (non-hydrogen) atoms. The molecule has 0 atom stereocenters. The van der Waals surface area contributed by atoms with E-state index in [0.717, 1.165) is 0 Å². The van der Waals surface area contributed by atoms with Gasteiger partial charge in [-0.3, -0.25) is 0 Å². The zero-order chi connectivity index (χ0) is 14.5. The minimum absolute atomic E-state index is 0.00813. The molecule has 1 rings (SSSR count). The fourth-order valence-electron chi connectivity index (χ4n) is 1.71. The van der Waals surface area contributed by atoms with Gasteiger partial charge < -0.3 is 10.1 Å². The fourth-order valence-corrected chi connectivity index (χ4v) is 3.20. The van der Waals surface area contributed by atoms with E-state index in [-0.39, 0.29) is 16.2 Å². The highest BCUT2D eigenvalue weighted by atomic mass is 32.2. The Morgan fingerprint density at radius 2 is 1.84 bits per heavy atom. The third-order valence-electron chi connectivity index (χ3n) is 2.65. The van der Waals surface area contributed by atoms with Gasteiger partial charge in [-0.25, -0.2) is 8.42 Å². The van der Waals surface area contributed by atoms with Gasteiger partial charge in [-0.1, -0.05) is 12.1 Å². The molecule has 1 aromatic carbocycles. The number of rotatable bonds is 6. The molecule has 5 heteroatoms. The van der Waals surface area contributed by atoms with Crippen LogP contribution in [0, 0.1) is 0 Å². The van der Waals surface area contributed by atoms with Crippen molar-refractivity contribution in [3.63, 3.8) is 0 Å². The summed E-state index contributed by atoms with van der Waals surface area (Å²) in [6.07, 6.45) is 0.581. The molecule has 1 N–H and O–H groups in total. The average Bonchev–Trinajstić information content (AvgIpc) is 2.33. The second-order valence-electron chi connectivity index (χ2n) is 5.50. The molecule has 0 saturated heterocycles. The predicted molar refractivity (Wildman–Crippen MR) is 77.4 cm³/mol. The van der Waals surface area contributed by atoms with Crippen LogP contribution in [0.4, 0.5) is 0 Å². The summed E-state index contributed by atoms with van der Waals surface area (Å²) < 4.78 is 29.6. The smallest absolute Gasteiger partial charge is 0.182 e. The Bertz CT molecular complexity index is 504. The predicted octanol–water partition coefficient (Wildman–Crippen LogP) is 2.25. The zero-order valence-electron chi connectivity index (χ0n) is 12.1. The summed E-state index contributed by atoms with van der Waals surface area (Å²) in [5.74, 6) is 0.530. The third-order valence-corrected chi connectivity index (χ3v) is 4.48. The molecular formula is C14H23NO3S. The van der Waals surface area contributed by atoms with Crippen molar-refractivity contribution in [1.82, 2.24) is 5.32 Å². The zero-order valence-corrected chi connectivity index (χ0v) is 12.9. The Balaban J connectivity index is 2.66. The lowest BCUT2D eigenvalue weighted by atomic mass is 10.1. The maximum Gasteiger partial charge on any atom is 0.182 e. The van der Waals surface area contributed by atoms with Crippen molar-refractivity contribution in [2.24, 2.45) is 0 Å². The van der Waals surface area contributed by atoms with E-state index in [1.807, 2.05) is 0 Å². The van der Waals surface area contributed by atoms with Gasteiger partial charge in [0, 0.05) is 5.54 Å². The molecule has 0 heterocycles. The highest BCUT2D eigenvalue weighted by Gasteiger charge is 2.19. The number of para-hydroxylation sites is 1. The number of benzene rings is 1. The maximum atomic E-state index is 12.2. The fraction of sp³-hybridized carbons (Fsp3) is 0.571. The van der Waals surface area contributed by atoms with Crippen molar-refractivity contribution < 1.29 is 13.2 Å². The van der Waals surface area contributed by atoms with E-state index in [4.69, 9.17) is 4.74 Å². The summed E-state index contributed by atoms with van der Waals surface area (Å²) in [5.41, 5.74) is 0.00813. The topological polar surface area (TPSA) is 55.4 Å². The summed E-state index contributed by atoms with van der Waals surface area (Å²) >= 11 is 0. The maximum absolute atomic E-state index is 12.2. The monoisotopic (exact) mass is 285 g/mol. The van der Waals surface area contributed by atoms with Crippen LogP contribution in [0.3, 0.4) is 0 Å². The van der Waals surface area contributed by atoms with Gasteiger partial charge in [-0.05, 0) is 45.9 Å². The SMILES string of the molecule is COc1ccccc1S(=O)(=O)CCCNC(C)(C)C. The first-order chi connectivity index (χ1) is 8.76. The summed E-state index contributed by atoms with van der Waals surface area (Å²) in [6.45, 7) is 6.85. The van der Waals surface area contributed by atoms with Crippen LogP contribution in [0.25, 0.3) is 0 Å². The lowest BCUT2D eigenvalue weighted by Crippen LogP contribution is -2.37. The molecule has 0 aliphatic heterocycles. The molecule has 0 radical (unpaired) electrons. The van der Waals surface area contributed by atoms with Crippen LogP contribution in [0.15, 0.2) is 29.2 Å². The molecular weight excluding hydrogens is 262 g/mol. The largest absolute Gasteiger partial charge is 0.495 e. The van der Waals surface area contributed by atoms with E-state index in [0.29, 0.717) is 18.7 Å². The van der Waals surface area contributed by atoms with Crippen LogP contribution in [0.5, 0.6) is 5.75 Å². The average molecular weight is 285 g/mol. The van der Waals surface area contributed by atoms with Gasteiger partial charge in [0.1, 0.15) is 10.6 Å². The Labute approximate surface area is 116 Å². The number of ether oxygens (including phenoxy) is 1. The van der Waals surface area contributed by atoms with Crippen LogP contribution in [0.1, 0.15) is 27.2 Å². The van der Waals surface area contributed by atoms with Crippen LogP contribution in [-0.4, -0.2) is 33.4 Å². The van der Waals surface area contributed by atoms with E-state index in [1.54, 1.807) is 24.3 Å². The Morgan fingerprint density at radius 3 is 2.42 bits per heavy atom. The molecule has 0 spiro atoms. The van der Waals surface area contributed by atoms with Crippen LogP contribution in [-0.2, 0) is 9.84 Å². The van der Waals surface area contributed by atoms with Gasteiger partial charge in [0.2, 0.25) is 0 Å². The molecule has 0 aliphatic carbocycles. The number of sulfone groups is 1. The Morgan fingerprint density at radius 1 is 1.21 bits per heavy atom. The standard InChI is InChI=1S/C14H23NO3S/c1-14(2,3)15-10-7-11-19(16,17)13-9-6-5-8-12(13)18-4/h5-6,8-9,15H,7,10-11H2,1-4H3. The second kappa shape index (κ2) is 6.39. The molecule has 0 aromatic heterocycles. The van der Waals surface area contributed by atoms with Gasteiger partial charge in [-0.15, -0.1) is 0 Å². The minimum Gasteiger partial charge on any atom is -0.495 e. The van der Waals surface area contributed by atoms with Gasteiger partial charge in [0.05, 0.1) is 12.9 Å². The van der Waals surface area contributed by atoms with Crippen molar-refractivity contribution >= 4 is 9.84 Å². The molecule has 0 aliphatic rings. The van der Waals surface area contributed by atoms with E-state index >= 15 is 0 Å². The van der Waals surface area contributed by atoms with Gasteiger partial charge >= 0.3 is 0 Å². The quantitative estimate of drug-likeness (QED) is 0.815. The lowest BCUT2D eigenvalue weighted by molar-refractivity contribution is 0.402. The van der Waals surface area contributed by atoms with Gasteiger partial charge in [0.15, 0.2) is 9.84 Å². The molecule has 4 nitrogen and oxygen atoms in total. The first-order valence-electron chi connectivity index (χ1n) is 6.37. The molecule has 0 fully saturated rings. The van der Waals surface area contributed by atoms with Crippen LogP contribution in [0.2, 0.25) is 0 Å². The summed E-state index contributed by atoms with van der Waals surface area (Å²) in [4.78, 5) is 0.272. The van der Waals surface area contributed by atoms with E-state index in [9.17, 15) is 8.42 Å². The molecule has 0 saturated carbocycles. The van der Waals surface area contributed by atoms with Crippen molar-refractivity contribution in [2.45, 2.75) is 37.6 Å². The highest BCUT2D eigenvalue weighted by Crippen LogP contribution is 2.24. The summed E-state index contributed by atoms with van der Waals surface area (Å²) in [5, 5.41) is 3.28. The van der Waals surface area contributed by atoms with Crippen molar-refractivity contribution in [3.8, 4) is 5.75 Å². The number of hydrogen-bond acceptors (Lipinski definition) is 4. The van der Waals surface area contributed by atoms with E-state index in [1.165, 1.54) is 7.11 Å². The first-order valence-corrected chi connectivity index (χ1v) is 8.02. The van der Waals surface area contributed by atoms with Crippen molar-refractivity contribution in [3.05, 3.63) is 24.3 Å². The Kier molecular flexibility index (Phi) is 5.38. The number of methoxy groups -OCH3 is 1. The minimum atomic E-state index is -3.29. The Hall–Kier alpha value is -1.07. The van der Waals surface area contributed by atoms with Crippen LogP contribution >= 0.6 is 0 Å². The lowest BCUT2D eigenvalue weighted by Gasteiger charge is -2.20. The molecule has 1 aromatic rings. The second-order valence-corrected chi connectivity index (χ2v) is 7.58. The first kappa shape index (κ1) is 16.0. The van der Waals surface area contributed by atoms with Crippen molar-refractivity contribution in [1.29, 1.82) is 0 Å². The normalized spacial score (nSPS) is 12.4. The highest BCUT2D eigenvalue weighted by molar-refractivity contribution is 7.91. The van der Waals surface area contributed by atoms with E-state index < -0.39 is 9.84 Å². The van der Waals surface area contributed by atoms with E-state index in [2.05, 4.69) is 26.1 Å². The third kappa shape index (κ3) is 5.20.